The molecule has 0 saturated carbocycles. The molecule has 0 fully saturated rings. The number of benzene rings is 1. The number of carbonyl (C=O) groups is 1. The molecule has 4 heteroatoms. The minimum absolute atomic E-state index is 0.118. The molecule has 1 rings (SSSR count). The Balaban J connectivity index is 2.73. The van der Waals surface area contributed by atoms with E-state index in [0.29, 0.717) is 11.3 Å². The normalized spacial score (nSPS) is 11.5. The molecule has 4 nitrogen and oxygen atoms in total. The van der Waals surface area contributed by atoms with Crippen molar-refractivity contribution in [1.29, 1.82) is 5.26 Å². The molecule has 1 amide bonds. The second kappa shape index (κ2) is 5.13. The van der Waals surface area contributed by atoms with Crippen molar-refractivity contribution in [3.63, 3.8) is 0 Å². The van der Waals surface area contributed by atoms with E-state index in [1.165, 1.54) is 0 Å². The van der Waals surface area contributed by atoms with Crippen LogP contribution in [0.3, 0.4) is 0 Å². The summed E-state index contributed by atoms with van der Waals surface area (Å²) in [5.41, 5.74) is 1.17. The Morgan fingerprint density at radius 3 is 2.87 bits per heavy atom. The summed E-state index contributed by atoms with van der Waals surface area (Å²) in [7, 11) is 1.72. The smallest absolute Gasteiger partial charge is 0.241 e. The van der Waals surface area contributed by atoms with Crippen LogP contribution in [0.2, 0.25) is 0 Å². The molecule has 1 aromatic carbocycles. The van der Waals surface area contributed by atoms with Crippen molar-refractivity contribution in [2.45, 2.75) is 13.0 Å². The highest BCUT2D eigenvalue weighted by atomic mass is 16.2. The quantitative estimate of drug-likeness (QED) is 0.773. The fraction of sp³-hybridized carbons (Fsp3) is 0.273. The van der Waals surface area contributed by atoms with Gasteiger partial charge in [-0.05, 0) is 32.2 Å². The lowest BCUT2D eigenvalue weighted by Crippen LogP contribution is -2.35. The summed E-state index contributed by atoms with van der Waals surface area (Å²) in [6.45, 7) is 1.77. The summed E-state index contributed by atoms with van der Waals surface area (Å²) in [5, 5.41) is 14.2. The highest BCUT2D eigenvalue weighted by Crippen LogP contribution is 2.09. The number of nitrogens with one attached hydrogen (secondary N) is 2. The topological polar surface area (TPSA) is 64.9 Å². The highest BCUT2D eigenvalue weighted by Gasteiger charge is 2.09. The molecule has 0 bridgehead atoms. The number of rotatable bonds is 3. The molecule has 2 N–H and O–H groups in total. The van der Waals surface area contributed by atoms with Crippen molar-refractivity contribution in [1.82, 2.24) is 5.32 Å². The first-order valence-corrected chi connectivity index (χ1v) is 4.65. The second-order valence-corrected chi connectivity index (χ2v) is 3.19. The van der Waals surface area contributed by atoms with E-state index in [1.54, 1.807) is 38.2 Å². The van der Waals surface area contributed by atoms with Crippen molar-refractivity contribution in [3.05, 3.63) is 29.8 Å². The van der Waals surface area contributed by atoms with Crippen molar-refractivity contribution >= 4 is 11.6 Å². The Morgan fingerprint density at radius 2 is 2.27 bits per heavy atom. The molecular formula is C11H13N3O. The van der Waals surface area contributed by atoms with Gasteiger partial charge in [-0.2, -0.15) is 5.26 Å². The summed E-state index contributed by atoms with van der Waals surface area (Å²) >= 11 is 0. The predicted octanol–water partition coefficient (Wildman–Crippen LogP) is 1.10. The second-order valence-electron chi connectivity index (χ2n) is 3.19. The van der Waals surface area contributed by atoms with Crippen LogP contribution >= 0.6 is 0 Å². The Morgan fingerprint density at radius 1 is 1.53 bits per heavy atom. The van der Waals surface area contributed by atoms with Gasteiger partial charge in [-0.15, -0.1) is 0 Å². The average Bonchev–Trinajstić information content (AvgIpc) is 2.28. The SMILES string of the molecule is CNC(C)C(=O)Nc1cccc(C#N)c1. The van der Waals surface area contributed by atoms with Crippen LogP contribution in [-0.4, -0.2) is 19.0 Å². The maximum absolute atomic E-state index is 11.5. The lowest BCUT2D eigenvalue weighted by Gasteiger charge is -2.10. The van der Waals surface area contributed by atoms with Crippen molar-refractivity contribution in [2.24, 2.45) is 0 Å². The fourth-order valence-corrected chi connectivity index (χ4v) is 1.05. The third-order valence-corrected chi connectivity index (χ3v) is 2.09. The van der Waals surface area contributed by atoms with Gasteiger partial charge in [0.2, 0.25) is 5.91 Å². The average molecular weight is 203 g/mol. The van der Waals surface area contributed by atoms with Gasteiger partial charge in [0.1, 0.15) is 0 Å². The molecular weight excluding hydrogens is 190 g/mol. The fourth-order valence-electron chi connectivity index (χ4n) is 1.05. The molecule has 0 radical (unpaired) electrons. The Kier molecular flexibility index (Phi) is 3.83. The zero-order chi connectivity index (χ0) is 11.3. The molecule has 0 aliphatic carbocycles. The van der Waals surface area contributed by atoms with Crippen LogP contribution in [0, 0.1) is 11.3 Å². The van der Waals surface area contributed by atoms with E-state index in [9.17, 15) is 4.79 Å². The lowest BCUT2D eigenvalue weighted by atomic mass is 10.2. The standard InChI is InChI=1S/C11H13N3O/c1-8(13-2)11(15)14-10-5-3-4-9(6-10)7-12/h3-6,8,13H,1-2H3,(H,14,15). The third-order valence-electron chi connectivity index (χ3n) is 2.09. The van der Waals surface area contributed by atoms with E-state index < -0.39 is 0 Å². The first-order valence-electron chi connectivity index (χ1n) is 4.65. The first-order chi connectivity index (χ1) is 7.17. The number of amides is 1. The molecule has 78 valence electrons. The van der Waals surface area contributed by atoms with Gasteiger partial charge >= 0.3 is 0 Å². The summed E-state index contributed by atoms with van der Waals surface area (Å²) in [4.78, 5) is 11.5. The van der Waals surface area contributed by atoms with Gasteiger partial charge in [-0.1, -0.05) is 6.07 Å². The van der Waals surface area contributed by atoms with E-state index in [-0.39, 0.29) is 11.9 Å². The van der Waals surface area contributed by atoms with E-state index in [1.807, 2.05) is 6.07 Å². The number of likely N-dealkylation sites (N-methyl/N-ethyl adjacent to an activating group) is 1. The van der Waals surface area contributed by atoms with Crippen LogP contribution in [0.15, 0.2) is 24.3 Å². The molecule has 0 aliphatic heterocycles. The number of nitrogens with zero attached hydrogens (tertiary/aromatic N) is 1. The molecule has 0 saturated heterocycles. The number of carbonyl (C=O) groups excluding carboxylic acids is 1. The van der Waals surface area contributed by atoms with Crippen LogP contribution < -0.4 is 10.6 Å². The number of hydrogen-bond donors (Lipinski definition) is 2. The van der Waals surface area contributed by atoms with Crippen molar-refractivity contribution < 1.29 is 4.79 Å². The number of nitriles is 1. The monoisotopic (exact) mass is 203 g/mol. The van der Waals surface area contributed by atoms with Gasteiger partial charge in [0, 0.05) is 5.69 Å². The van der Waals surface area contributed by atoms with E-state index in [4.69, 9.17) is 5.26 Å². The third kappa shape index (κ3) is 3.08. The van der Waals surface area contributed by atoms with Crippen LogP contribution in [0.1, 0.15) is 12.5 Å². The van der Waals surface area contributed by atoms with E-state index in [0.717, 1.165) is 0 Å². The molecule has 0 aromatic heterocycles. The summed E-state index contributed by atoms with van der Waals surface area (Å²) in [6, 6.07) is 8.58. The minimum Gasteiger partial charge on any atom is -0.325 e. The zero-order valence-corrected chi connectivity index (χ0v) is 8.74. The van der Waals surface area contributed by atoms with Gasteiger partial charge in [-0.25, -0.2) is 0 Å². The van der Waals surface area contributed by atoms with Gasteiger partial charge in [-0.3, -0.25) is 4.79 Å². The molecule has 1 atom stereocenters. The van der Waals surface area contributed by atoms with Gasteiger partial charge in [0.05, 0.1) is 17.7 Å². The minimum atomic E-state index is -0.254. The molecule has 0 spiro atoms. The summed E-state index contributed by atoms with van der Waals surface area (Å²) in [6.07, 6.45) is 0. The number of anilines is 1. The molecule has 15 heavy (non-hydrogen) atoms. The molecule has 0 heterocycles. The maximum atomic E-state index is 11.5. The van der Waals surface area contributed by atoms with Crippen molar-refractivity contribution in [2.75, 3.05) is 12.4 Å². The van der Waals surface area contributed by atoms with Crippen molar-refractivity contribution in [3.8, 4) is 6.07 Å². The molecule has 1 aromatic rings. The van der Waals surface area contributed by atoms with E-state index >= 15 is 0 Å². The van der Waals surface area contributed by atoms with Gasteiger partial charge in [0.25, 0.3) is 0 Å². The maximum Gasteiger partial charge on any atom is 0.241 e. The van der Waals surface area contributed by atoms with Crippen LogP contribution in [0.25, 0.3) is 0 Å². The van der Waals surface area contributed by atoms with E-state index in [2.05, 4.69) is 10.6 Å². The van der Waals surface area contributed by atoms with Crippen LogP contribution in [0.4, 0.5) is 5.69 Å². The van der Waals surface area contributed by atoms with Crippen LogP contribution in [-0.2, 0) is 4.79 Å². The molecule has 0 aliphatic rings. The Labute approximate surface area is 88.9 Å². The van der Waals surface area contributed by atoms with Crippen LogP contribution in [0.5, 0.6) is 0 Å². The van der Waals surface area contributed by atoms with Gasteiger partial charge in [0.15, 0.2) is 0 Å². The number of hydrogen-bond acceptors (Lipinski definition) is 3. The Bertz CT molecular complexity index is 395. The lowest BCUT2D eigenvalue weighted by molar-refractivity contribution is -0.117. The first kappa shape index (κ1) is 11.2. The predicted molar refractivity (Wildman–Crippen MR) is 58.3 cm³/mol. The highest BCUT2D eigenvalue weighted by molar-refractivity contribution is 5.94. The molecule has 1 unspecified atom stereocenters. The van der Waals surface area contributed by atoms with Gasteiger partial charge < -0.3 is 10.6 Å². The summed E-state index contributed by atoms with van der Waals surface area (Å²) < 4.78 is 0. The Hall–Kier alpha value is -1.86. The largest absolute Gasteiger partial charge is 0.325 e. The summed E-state index contributed by atoms with van der Waals surface area (Å²) in [5.74, 6) is -0.118. The zero-order valence-electron chi connectivity index (χ0n) is 8.74.